The van der Waals surface area contributed by atoms with E-state index < -0.39 is 0 Å². The molecule has 0 aliphatic carbocycles. The number of halogens is 1. The van der Waals surface area contributed by atoms with E-state index in [2.05, 4.69) is 20.9 Å². The van der Waals surface area contributed by atoms with Gasteiger partial charge in [-0.25, -0.2) is 4.79 Å². The van der Waals surface area contributed by atoms with Crippen LogP contribution < -0.4 is 4.74 Å². The number of pyridine rings is 1. The fourth-order valence-corrected chi connectivity index (χ4v) is 1.93. The molecule has 0 N–H and O–H groups in total. The van der Waals surface area contributed by atoms with Gasteiger partial charge in [0.15, 0.2) is 0 Å². The van der Waals surface area contributed by atoms with E-state index in [0.29, 0.717) is 11.3 Å². The normalized spacial score (nSPS) is 10.0. The Morgan fingerprint density at radius 3 is 2.84 bits per heavy atom. The standard InChI is InChI=1S/C14H12BrNO3/c1-18-14(17)13-5-3-2-4-10(13)9-19-12-6-11(15)7-16-8-12/h2-8H,9H2,1H3. The summed E-state index contributed by atoms with van der Waals surface area (Å²) in [6.45, 7) is 0.281. The van der Waals surface area contributed by atoms with Gasteiger partial charge in [0.1, 0.15) is 12.4 Å². The largest absolute Gasteiger partial charge is 0.487 e. The molecular formula is C14H12BrNO3. The van der Waals surface area contributed by atoms with Crippen molar-refractivity contribution in [3.63, 3.8) is 0 Å². The first-order valence-corrected chi connectivity index (χ1v) is 6.39. The molecule has 0 radical (unpaired) electrons. The summed E-state index contributed by atoms with van der Waals surface area (Å²) in [5.41, 5.74) is 1.28. The molecule has 0 fully saturated rings. The molecule has 1 aromatic heterocycles. The highest BCUT2D eigenvalue weighted by Crippen LogP contribution is 2.18. The van der Waals surface area contributed by atoms with E-state index in [-0.39, 0.29) is 12.6 Å². The summed E-state index contributed by atoms with van der Waals surface area (Å²) in [5.74, 6) is 0.264. The molecule has 0 aliphatic heterocycles. The Balaban J connectivity index is 2.13. The summed E-state index contributed by atoms with van der Waals surface area (Å²) in [4.78, 5) is 15.6. The van der Waals surface area contributed by atoms with Crippen LogP contribution in [-0.2, 0) is 11.3 Å². The van der Waals surface area contributed by atoms with Crippen LogP contribution in [0.2, 0.25) is 0 Å². The zero-order chi connectivity index (χ0) is 13.7. The summed E-state index contributed by atoms with van der Waals surface area (Å²) in [6, 6.07) is 9.00. The molecule has 1 aromatic carbocycles. The fraction of sp³-hybridized carbons (Fsp3) is 0.143. The van der Waals surface area contributed by atoms with Crippen molar-refractivity contribution in [3.8, 4) is 5.75 Å². The van der Waals surface area contributed by atoms with Crippen molar-refractivity contribution in [1.82, 2.24) is 4.98 Å². The van der Waals surface area contributed by atoms with E-state index in [1.807, 2.05) is 18.2 Å². The SMILES string of the molecule is COC(=O)c1ccccc1COc1cncc(Br)c1. The number of carbonyl (C=O) groups is 1. The van der Waals surface area contributed by atoms with Crippen molar-refractivity contribution in [2.75, 3.05) is 7.11 Å². The molecule has 2 aromatic rings. The predicted molar refractivity (Wildman–Crippen MR) is 74.1 cm³/mol. The number of carbonyl (C=O) groups excluding carboxylic acids is 1. The Bertz CT molecular complexity index is 586. The Morgan fingerprint density at radius 2 is 2.11 bits per heavy atom. The molecule has 0 saturated heterocycles. The highest BCUT2D eigenvalue weighted by molar-refractivity contribution is 9.10. The molecular weight excluding hydrogens is 310 g/mol. The number of hydrogen-bond donors (Lipinski definition) is 0. The van der Waals surface area contributed by atoms with Crippen molar-refractivity contribution in [1.29, 1.82) is 0 Å². The van der Waals surface area contributed by atoms with Gasteiger partial charge in [0.05, 0.1) is 18.9 Å². The lowest BCUT2D eigenvalue weighted by molar-refractivity contribution is 0.0597. The third kappa shape index (κ3) is 3.54. The monoisotopic (exact) mass is 321 g/mol. The average molecular weight is 322 g/mol. The van der Waals surface area contributed by atoms with E-state index >= 15 is 0 Å². The Hall–Kier alpha value is -1.88. The number of esters is 1. The van der Waals surface area contributed by atoms with Crippen molar-refractivity contribution in [2.45, 2.75) is 6.61 Å². The van der Waals surface area contributed by atoms with Crippen LogP contribution in [0.3, 0.4) is 0 Å². The van der Waals surface area contributed by atoms with E-state index in [0.717, 1.165) is 10.0 Å². The molecule has 0 aliphatic rings. The van der Waals surface area contributed by atoms with Crippen LogP contribution in [0, 0.1) is 0 Å². The summed E-state index contributed by atoms with van der Waals surface area (Å²) in [5, 5.41) is 0. The van der Waals surface area contributed by atoms with E-state index in [1.165, 1.54) is 7.11 Å². The molecule has 0 spiro atoms. The van der Waals surface area contributed by atoms with Gasteiger partial charge in [-0.05, 0) is 28.1 Å². The van der Waals surface area contributed by atoms with Gasteiger partial charge in [-0.15, -0.1) is 0 Å². The fourth-order valence-electron chi connectivity index (χ4n) is 1.59. The van der Waals surface area contributed by atoms with Crippen LogP contribution in [-0.4, -0.2) is 18.1 Å². The summed E-state index contributed by atoms with van der Waals surface area (Å²) >= 11 is 3.32. The first kappa shape index (κ1) is 13.5. The van der Waals surface area contributed by atoms with Crippen LogP contribution in [0.15, 0.2) is 47.2 Å². The topological polar surface area (TPSA) is 48.4 Å². The second kappa shape index (κ2) is 6.33. The molecule has 98 valence electrons. The maximum Gasteiger partial charge on any atom is 0.338 e. The maximum absolute atomic E-state index is 11.6. The molecule has 2 rings (SSSR count). The van der Waals surface area contributed by atoms with Gasteiger partial charge < -0.3 is 9.47 Å². The van der Waals surface area contributed by atoms with Crippen LogP contribution in [0.25, 0.3) is 0 Å². The average Bonchev–Trinajstić information content (AvgIpc) is 2.45. The van der Waals surface area contributed by atoms with Gasteiger partial charge in [-0.1, -0.05) is 18.2 Å². The molecule has 1 heterocycles. The van der Waals surface area contributed by atoms with E-state index in [9.17, 15) is 4.79 Å². The minimum Gasteiger partial charge on any atom is -0.487 e. The number of aromatic nitrogens is 1. The number of rotatable bonds is 4. The lowest BCUT2D eigenvalue weighted by Crippen LogP contribution is -2.07. The van der Waals surface area contributed by atoms with Crippen LogP contribution in [0.1, 0.15) is 15.9 Å². The summed E-state index contributed by atoms with van der Waals surface area (Å²) < 4.78 is 11.2. The van der Waals surface area contributed by atoms with Gasteiger partial charge >= 0.3 is 5.97 Å². The third-order valence-corrected chi connectivity index (χ3v) is 2.93. The van der Waals surface area contributed by atoms with Crippen molar-refractivity contribution in [3.05, 3.63) is 58.3 Å². The van der Waals surface area contributed by atoms with Gasteiger partial charge in [0, 0.05) is 16.2 Å². The van der Waals surface area contributed by atoms with Gasteiger partial charge in [-0.3, -0.25) is 4.98 Å². The van der Waals surface area contributed by atoms with Crippen molar-refractivity contribution >= 4 is 21.9 Å². The predicted octanol–water partition coefficient (Wildman–Crippen LogP) is 3.21. The Kier molecular flexibility index (Phi) is 4.52. The van der Waals surface area contributed by atoms with Crippen LogP contribution in [0.4, 0.5) is 0 Å². The highest BCUT2D eigenvalue weighted by Gasteiger charge is 2.11. The Morgan fingerprint density at radius 1 is 1.32 bits per heavy atom. The summed E-state index contributed by atoms with van der Waals surface area (Å²) in [6.07, 6.45) is 3.29. The molecule has 4 nitrogen and oxygen atoms in total. The molecule has 0 amide bonds. The molecule has 5 heteroatoms. The van der Waals surface area contributed by atoms with Crippen LogP contribution >= 0.6 is 15.9 Å². The number of methoxy groups -OCH3 is 1. The highest BCUT2D eigenvalue weighted by atomic mass is 79.9. The van der Waals surface area contributed by atoms with Gasteiger partial charge in [-0.2, -0.15) is 0 Å². The molecule has 19 heavy (non-hydrogen) atoms. The summed E-state index contributed by atoms with van der Waals surface area (Å²) in [7, 11) is 1.36. The van der Waals surface area contributed by atoms with Gasteiger partial charge in [0.2, 0.25) is 0 Å². The maximum atomic E-state index is 11.6. The quantitative estimate of drug-likeness (QED) is 0.811. The zero-order valence-electron chi connectivity index (χ0n) is 10.3. The number of hydrogen-bond acceptors (Lipinski definition) is 4. The first-order valence-electron chi connectivity index (χ1n) is 5.60. The zero-order valence-corrected chi connectivity index (χ0v) is 11.9. The minimum absolute atomic E-state index is 0.281. The van der Waals surface area contributed by atoms with Crippen molar-refractivity contribution < 1.29 is 14.3 Å². The number of ether oxygens (including phenoxy) is 2. The minimum atomic E-state index is -0.369. The Labute approximate surface area is 119 Å². The van der Waals surface area contributed by atoms with E-state index in [1.54, 1.807) is 24.5 Å². The lowest BCUT2D eigenvalue weighted by atomic mass is 10.1. The van der Waals surface area contributed by atoms with Gasteiger partial charge in [0.25, 0.3) is 0 Å². The smallest absolute Gasteiger partial charge is 0.338 e. The number of nitrogens with zero attached hydrogens (tertiary/aromatic N) is 1. The first-order chi connectivity index (χ1) is 9.20. The van der Waals surface area contributed by atoms with E-state index in [4.69, 9.17) is 9.47 Å². The molecule has 0 unspecified atom stereocenters. The third-order valence-electron chi connectivity index (χ3n) is 2.50. The number of benzene rings is 1. The molecule has 0 atom stereocenters. The van der Waals surface area contributed by atoms with Crippen molar-refractivity contribution in [2.24, 2.45) is 0 Å². The lowest BCUT2D eigenvalue weighted by Gasteiger charge is -2.09. The molecule has 0 bridgehead atoms. The second-order valence-corrected chi connectivity index (χ2v) is 4.69. The second-order valence-electron chi connectivity index (χ2n) is 3.78. The van der Waals surface area contributed by atoms with Crippen LogP contribution in [0.5, 0.6) is 5.75 Å². The molecule has 0 saturated carbocycles.